The summed E-state index contributed by atoms with van der Waals surface area (Å²) >= 11 is 4.28. The molecule has 0 aliphatic heterocycles. The first-order valence-electron chi connectivity index (χ1n) is 4.29. The van der Waals surface area contributed by atoms with Crippen molar-refractivity contribution in [3.63, 3.8) is 0 Å². The number of nitrogens with zero attached hydrogens (tertiary/aromatic N) is 2. The Labute approximate surface area is 87.2 Å². The lowest BCUT2D eigenvalue weighted by Crippen LogP contribution is -1.88. The lowest BCUT2D eigenvalue weighted by Gasteiger charge is -2.08. The molecule has 14 heavy (non-hydrogen) atoms. The van der Waals surface area contributed by atoms with Gasteiger partial charge in [-0.05, 0) is 19.1 Å². The highest BCUT2D eigenvalue weighted by Gasteiger charge is 2.08. The van der Waals surface area contributed by atoms with Crippen LogP contribution in [0.2, 0.25) is 0 Å². The van der Waals surface area contributed by atoms with Crippen molar-refractivity contribution in [3.05, 3.63) is 30.2 Å². The van der Waals surface area contributed by atoms with Gasteiger partial charge in [-0.15, -0.1) is 0 Å². The molecule has 0 saturated heterocycles. The van der Waals surface area contributed by atoms with E-state index >= 15 is 0 Å². The lowest BCUT2D eigenvalue weighted by molar-refractivity contribution is 0.469. The van der Waals surface area contributed by atoms with E-state index in [-0.39, 0.29) is 11.0 Å². The molecule has 2 aromatic rings. The summed E-state index contributed by atoms with van der Waals surface area (Å²) in [6, 6.07) is 3.50. The normalized spacial score (nSPS) is 13.0. The SMILES string of the molecule is CC(S)c1cc2ncncc2cc1O. The fraction of sp³-hybridized carbons (Fsp3) is 0.200. The summed E-state index contributed by atoms with van der Waals surface area (Å²) in [6.45, 7) is 1.91. The van der Waals surface area contributed by atoms with Crippen molar-refractivity contribution in [2.24, 2.45) is 0 Å². The first-order chi connectivity index (χ1) is 6.68. The average Bonchev–Trinajstić information content (AvgIpc) is 2.16. The van der Waals surface area contributed by atoms with Crippen LogP contribution < -0.4 is 0 Å². The van der Waals surface area contributed by atoms with E-state index in [0.29, 0.717) is 0 Å². The minimum absolute atomic E-state index is 0.00522. The number of fused-ring (bicyclic) bond motifs is 1. The maximum absolute atomic E-state index is 9.67. The smallest absolute Gasteiger partial charge is 0.120 e. The minimum Gasteiger partial charge on any atom is -0.508 e. The van der Waals surface area contributed by atoms with Crippen molar-refractivity contribution in [1.29, 1.82) is 0 Å². The van der Waals surface area contributed by atoms with E-state index in [4.69, 9.17) is 0 Å². The van der Waals surface area contributed by atoms with Gasteiger partial charge < -0.3 is 5.11 Å². The summed E-state index contributed by atoms with van der Waals surface area (Å²) in [4.78, 5) is 8.00. The molecule has 1 N–H and O–H groups in total. The summed E-state index contributed by atoms with van der Waals surface area (Å²) in [5.74, 6) is 0.245. The molecule has 1 aromatic heterocycles. The van der Waals surface area contributed by atoms with E-state index in [2.05, 4.69) is 22.6 Å². The van der Waals surface area contributed by atoms with E-state index < -0.39 is 0 Å². The van der Waals surface area contributed by atoms with Gasteiger partial charge in [0.05, 0.1) is 5.52 Å². The van der Waals surface area contributed by atoms with Gasteiger partial charge in [0.2, 0.25) is 0 Å². The molecule has 72 valence electrons. The molecule has 0 bridgehead atoms. The van der Waals surface area contributed by atoms with Crippen molar-refractivity contribution < 1.29 is 5.11 Å². The zero-order chi connectivity index (χ0) is 10.1. The number of phenolic OH excluding ortho intramolecular Hbond substituents is 1. The largest absolute Gasteiger partial charge is 0.508 e. The Balaban J connectivity index is 2.71. The Morgan fingerprint density at radius 3 is 2.93 bits per heavy atom. The zero-order valence-electron chi connectivity index (χ0n) is 7.68. The monoisotopic (exact) mass is 206 g/mol. The van der Waals surface area contributed by atoms with Crippen LogP contribution in [0.4, 0.5) is 0 Å². The number of rotatable bonds is 1. The van der Waals surface area contributed by atoms with E-state index in [1.165, 1.54) is 6.33 Å². The van der Waals surface area contributed by atoms with Gasteiger partial charge in [-0.1, -0.05) is 0 Å². The summed E-state index contributed by atoms with van der Waals surface area (Å²) < 4.78 is 0. The molecule has 1 atom stereocenters. The highest BCUT2D eigenvalue weighted by Crippen LogP contribution is 2.31. The van der Waals surface area contributed by atoms with Crippen molar-refractivity contribution in [2.45, 2.75) is 12.2 Å². The molecule has 4 heteroatoms. The Morgan fingerprint density at radius 2 is 2.21 bits per heavy atom. The molecule has 0 spiro atoms. The van der Waals surface area contributed by atoms with Gasteiger partial charge >= 0.3 is 0 Å². The third-order valence-corrected chi connectivity index (χ3v) is 2.38. The first kappa shape index (κ1) is 9.27. The molecular formula is C10H10N2OS. The lowest BCUT2D eigenvalue weighted by atomic mass is 10.1. The molecule has 3 nitrogen and oxygen atoms in total. The van der Waals surface area contributed by atoms with Gasteiger partial charge in [0, 0.05) is 22.4 Å². The van der Waals surface area contributed by atoms with Gasteiger partial charge in [0.1, 0.15) is 12.1 Å². The third kappa shape index (κ3) is 1.53. The van der Waals surface area contributed by atoms with Gasteiger partial charge in [-0.3, -0.25) is 0 Å². The van der Waals surface area contributed by atoms with Crippen molar-refractivity contribution in [3.8, 4) is 5.75 Å². The van der Waals surface area contributed by atoms with Crippen LogP contribution in [-0.4, -0.2) is 15.1 Å². The fourth-order valence-corrected chi connectivity index (χ4v) is 1.57. The molecule has 1 unspecified atom stereocenters. The fourth-order valence-electron chi connectivity index (χ4n) is 1.37. The predicted octanol–water partition coefficient (Wildman–Crippen LogP) is 2.33. The number of aromatic hydroxyl groups is 1. The van der Waals surface area contributed by atoms with Crippen LogP contribution >= 0.6 is 12.6 Å². The van der Waals surface area contributed by atoms with Crippen LogP contribution in [0.25, 0.3) is 10.9 Å². The number of aromatic nitrogens is 2. The Kier molecular flexibility index (Phi) is 2.29. The molecule has 0 fully saturated rings. The van der Waals surface area contributed by atoms with Crippen molar-refractivity contribution in [2.75, 3.05) is 0 Å². The first-order valence-corrected chi connectivity index (χ1v) is 4.81. The maximum Gasteiger partial charge on any atom is 0.120 e. The van der Waals surface area contributed by atoms with Crippen LogP contribution in [0.5, 0.6) is 5.75 Å². The molecular weight excluding hydrogens is 196 g/mol. The van der Waals surface area contributed by atoms with Crippen LogP contribution in [0, 0.1) is 0 Å². The highest BCUT2D eigenvalue weighted by atomic mass is 32.1. The molecule has 0 saturated carbocycles. The topological polar surface area (TPSA) is 46.0 Å². The molecule has 0 radical (unpaired) electrons. The van der Waals surface area contributed by atoms with E-state index in [1.807, 2.05) is 13.0 Å². The second-order valence-electron chi connectivity index (χ2n) is 3.17. The van der Waals surface area contributed by atoms with Crippen molar-refractivity contribution >= 4 is 23.5 Å². The quantitative estimate of drug-likeness (QED) is 0.704. The summed E-state index contributed by atoms with van der Waals surface area (Å²) in [5.41, 5.74) is 1.62. The van der Waals surface area contributed by atoms with Crippen LogP contribution in [0.3, 0.4) is 0 Å². The average molecular weight is 206 g/mol. The minimum atomic E-state index is -0.00522. The molecule has 0 amide bonds. The Morgan fingerprint density at radius 1 is 1.43 bits per heavy atom. The predicted molar refractivity (Wildman–Crippen MR) is 58.6 cm³/mol. The van der Waals surface area contributed by atoms with Crippen LogP contribution in [0.15, 0.2) is 24.7 Å². The summed E-state index contributed by atoms with van der Waals surface area (Å²) in [7, 11) is 0. The summed E-state index contributed by atoms with van der Waals surface area (Å²) in [5, 5.41) is 10.5. The van der Waals surface area contributed by atoms with Crippen molar-refractivity contribution in [1.82, 2.24) is 9.97 Å². The molecule has 1 aromatic carbocycles. The van der Waals surface area contributed by atoms with Gasteiger partial charge in [0.25, 0.3) is 0 Å². The number of hydrogen-bond donors (Lipinski definition) is 2. The second kappa shape index (κ2) is 3.46. The van der Waals surface area contributed by atoms with Gasteiger partial charge in [0.15, 0.2) is 0 Å². The molecule has 0 aliphatic rings. The molecule has 1 heterocycles. The number of hydrogen-bond acceptors (Lipinski definition) is 4. The van der Waals surface area contributed by atoms with E-state index in [9.17, 15) is 5.11 Å². The number of phenols is 1. The third-order valence-electron chi connectivity index (χ3n) is 2.10. The molecule has 2 rings (SSSR count). The highest BCUT2D eigenvalue weighted by molar-refractivity contribution is 7.80. The standard InChI is InChI=1S/C10H10N2OS/c1-6(14)8-3-9-7(2-10(8)13)4-11-5-12-9/h2-6,13-14H,1H3. The van der Waals surface area contributed by atoms with Gasteiger partial charge in [-0.25, -0.2) is 9.97 Å². The number of benzene rings is 1. The van der Waals surface area contributed by atoms with E-state index in [1.54, 1.807) is 12.3 Å². The number of thiol groups is 1. The van der Waals surface area contributed by atoms with Gasteiger partial charge in [-0.2, -0.15) is 12.6 Å². The maximum atomic E-state index is 9.67. The van der Waals surface area contributed by atoms with Crippen LogP contribution in [-0.2, 0) is 0 Å². The molecule has 0 aliphatic carbocycles. The second-order valence-corrected chi connectivity index (χ2v) is 3.94. The van der Waals surface area contributed by atoms with Crippen LogP contribution in [0.1, 0.15) is 17.7 Å². The van der Waals surface area contributed by atoms with E-state index in [0.717, 1.165) is 16.5 Å². The summed E-state index contributed by atoms with van der Waals surface area (Å²) in [6.07, 6.45) is 3.17. The Bertz CT molecular complexity index is 471. The zero-order valence-corrected chi connectivity index (χ0v) is 8.57. The Hall–Kier alpha value is -1.29.